The van der Waals surface area contributed by atoms with Crippen LogP contribution in [-0.2, 0) is 0 Å². The van der Waals surface area contributed by atoms with Gasteiger partial charge >= 0.3 is 0 Å². The molecule has 0 N–H and O–H groups in total. The minimum Gasteiger partial charge on any atom is -0.329 e. The maximum absolute atomic E-state index is 14.1. The third-order valence-electron chi connectivity index (χ3n) is 3.09. The molecule has 1 aromatic heterocycles. The number of benzene rings is 2. The second-order valence-electron chi connectivity index (χ2n) is 4.34. The first-order chi connectivity index (χ1) is 9.66. The van der Waals surface area contributed by atoms with Gasteiger partial charge in [-0.05, 0) is 35.9 Å². The Morgan fingerprint density at radius 1 is 1.00 bits per heavy atom. The van der Waals surface area contributed by atoms with Gasteiger partial charge in [0, 0.05) is 12.7 Å². The molecule has 0 bridgehead atoms. The molecule has 0 spiro atoms. The topological polar surface area (TPSA) is 29.0 Å². The lowest BCUT2D eigenvalue weighted by atomic mass is 10.2. The Morgan fingerprint density at radius 3 is 2.50 bits per heavy atom. The summed E-state index contributed by atoms with van der Waals surface area (Å²) in [6, 6.07) is 14.3. The van der Waals surface area contributed by atoms with E-state index in [9.17, 15) is 4.39 Å². The fraction of sp³-hybridized carbons (Fsp3) is 0.0667. The summed E-state index contributed by atoms with van der Waals surface area (Å²) in [7, 11) is 1.82. The molecule has 0 saturated carbocycles. The van der Waals surface area contributed by atoms with Crippen LogP contribution in [0, 0.1) is 5.82 Å². The van der Waals surface area contributed by atoms with Crippen LogP contribution in [0.1, 0.15) is 0 Å². The predicted octanol–water partition coefficient (Wildman–Crippen LogP) is 4.19. The minimum atomic E-state index is -0.364. The largest absolute Gasteiger partial charge is 0.329 e. The fourth-order valence-corrected chi connectivity index (χ4v) is 2.28. The van der Waals surface area contributed by atoms with Gasteiger partial charge in [0.1, 0.15) is 11.6 Å². The Bertz CT molecular complexity index is 762. The van der Waals surface area contributed by atoms with Crippen LogP contribution < -0.4 is 4.90 Å². The van der Waals surface area contributed by atoms with Crippen molar-refractivity contribution >= 4 is 34.0 Å². The maximum atomic E-state index is 14.1. The van der Waals surface area contributed by atoms with Gasteiger partial charge in [-0.15, -0.1) is 0 Å². The highest BCUT2D eigenvalue weighted by Gasteiger charge is 2.15. The van der Waals surface area contributed by atoms with Gasteiger partial charge in [0.25, 0.3) is 0 Å². The Morgan fingerprint density at radius 2 is 1.75 bits per heavy atom. The van der Waals surface area contributed by atoms with Gasteiger partial charge in [-0.3, -0.25) is 0 Å². The first-order valence-electron chi connectivity index (χ1n) is 6.07. The smallest absolute Gasteiger partial charge is 0.224 e. The number of nitrogens with zero attached hydrogens (tertiary/aromatic N) is 3. The van der Waals surface area contributed by atoms with E-state index in [1.54, 1.807) is 17.0 Å². The number of aromatic nitrogens is 2. The van der Waals surface area contributed by atoms with Crippen molar-refractivity contribution in [2.24, 2.45) is 0 Å². The van der Waals surface area contributed by atoms with Gasteiger partial charge in [0.05, 0.1) is 10.9 Å². The van der Waals surface area contributed by atoms with Crippen LogP contribution in [0.3, 0.4) is 0 Å². The molecule has 0 aliphatic rings. The molecule has 0 fully saturated rings. The first-order valence-corrected chi connectivity index (χ1v) is 6.45. The van der Waals surface area contributed by atoms with Crippen LogP contribution in [0.15, 0.2) is 48.5 Å². The highest BCUT2D eigenvalue weighted by atomic mass is 35.5. The van der Waals surface area contributed by atoms with Crippen molar-refractivity contribution in [2.75, 3.05) is 11.9 Å². The number of para-hydroxylation sites is 1. The Hall–Kier alpha value is -2.20. The van der Waals surface area contributed by atoms with Crippen molar-refractivity contribution in [3.63, 3.8) is 0 Å². The molecular formula is C15H11ClFN3. The second-order valence-corrected chi connectivity index (χ2v) is 4.68. The molecule has 0 saturated heterocycles. The maximum Gasteiger partial charge on any atom is 0.224 e. The summed E-state index contributed by atoms with van der Waals surface area (Å²) in [4.78, 5) is 10.0. The quantitative estimate of drug-likeness (QED) is 0.662. The van der Waals surface area contributed by atoms with E-state index < -0.39 is 0 Å². The Labute approximate surface area is 120 Å². The van der Waals surface area contributed by atoms with Gasteiger partial charge in [-0.25, -0.2) is 9.37 Å². The van der Waals surface area contributed by atoms with Crippen molar-refractivity contribution in [3.8, 4) is 0 Å². The monoisotopic (exact) mass is 287 g/mol. The lowest BCUT2D eigenvalue weighted by molar-refractivity contribution is 0.639. The van der Waals surface area contributed by atoms with E-state index in [1.165, 1.54) is 6.07 Å². The Kier molecular flexibility index (Phi) is 3.24. The van der Waals surface area contributed by atoms with Crippen LogP contribution >= 0.6 is 11.6 Å². The van der Waals surface area contributed by atoms with Crippen LogP contribution in [0.2, 0.25) is 5.28 Å². The average molecular weight is 288 g/mol. The minimum absolute atomic E-state index is 0.0980. The SMILES string of the molecule is CN(c1ccccc1)c1nc(Cl)nc2cccc(F)c12. The van der Waals surface area contributed by atoms with Gasteiger partial charge in [0.2, 0.25) is 5.28 Å². The zero-order chi connectivity index (χ0) is 14.1. The summed E-state index contributed by atoms with van der Waals surface area (Å²) in [5.74, 6) is 0.0845. The standard InChI is InChI=1S/C15H11ClFN3/c1-20(10-6-3-2-4-7-10)14-13-11(17)8-5-9-12(13)18-15(16)19-14/h2-9H,1H3. The van der Waals surface area contributed by atoms with Gasteiger partial charge < -0.3 is 4.90 Å². The lowest BCUT2D eigenvalue weighted by Gasteiger charge is -2.20. The highest BCUT2D eigenvalue weighted by molar-refractivity contribution is 6.28. The number of rotatable bonds is 2. The summed E-state index contributed by atoms with van der Waals surface area (Å²) in [6.07, 6.45) is 0. The summed E-state index contributed by atoms with van der Waals surface area (Å²) >= 11 is 5.94. The Balaban J connectivity index is 2.25. The van der Waals surface area contributed by atoms with Crippen molar-refractivity contribution in [2.45, 2.75) is 0 Å². The van der Waals surface area contributed by atoms with Crippen LogP contribution in [0.4, 0.5) is 15.9 Å². The summed E-state index contributed by atoms with van der Waals surface area (Å²) < 4.78 is 14.1. The third-order valence-corrected chi connectivity index (χ3v) is 3.26. The average Bonchev–Trinajstić information content (AvgIpc) is 2.46. The normalized spacial score (nSPS) is 10.8. The number of hydrogen-bond donors (Lipinski definition) is 0. The van der Waals surface area contributed by atoms with E-state index in [1.807, 2.05) is 37.4 Å². The van der Waals surface area contributed by atoms with E-state index in [-0.39, 0.29) is 11.1 Å². The van der Waals surface area contributed by atoms with Gasteiger partial charge in [0.15, 0.2) is 0 Å². The highest BCUT2D eigenvalue weighted by Crippen LogP contribution is 2.31. The van der Waals surface area contributed by atoms with Crippen molar-refractivity contribution in [3.05, 3.63) is 59.6 Å². The fourth-order valence-electron chi connectivity index (χ4n) is 2.11. The molecule has 20 heavy (non-hydrogen) atoms. The first kappa shape index (κ1) is 12.8. The molecule has 0 unspecified atom stereocenters. The van der Waals surface area contributed by atoms with E-state index >= 15 is 0 Å². The summed E-state index contributed by atoms with van der Waals surface area (Å²) in [6.45, 7) is 0. The number of anilines is 2. The molecule has 2 aromatic carbocycles. The number of hydrogen-bond acceptors (Lipinski definition) is 3. The molecular weight excluding hydrogens is 277 g/mol. The molecule has 100 valence electrons. The zero-order valence-electron chi connectivity index (χ0n) is 10.7. The molecule has 1 heterocycles. The van der Waals surface area contributed by atoms with Crippen LogP contribution in [0.5, 0.6) is 0 Å². The molecule has 0 amide bonds. The molecule has 0 atom stereocenters. The number of halogens is 2. The second kappa shape index (κ2) is 5.06. The molecule has 0 radical (unpaired) electrons. The lowest BCUT2D eigenvalue weighted by Crippen LogP contribution is -2.12. The van der Waals surface area contributed by atoms with Gasteiger partial charge in [-0.2, -0.15) is 4.98 Å². The van der Waals surface area contributed by atoms with Crippen LogP contribution in [-0.4, -0.2) is 17.0 Å². The third kappa shape index (κ3) is 2.18. The van der Waals surface area contributed by atoms with Crippen molar-refractivity contribution < 1.29 is 4.39 Å². The van der Waals surface area contributed by atoms with Crippen LogP contribution in [0.25, 0.3) is 10.9 Å². The zero-order valence-corrected chi connectivity index (χ0v) is 11.5. The van der Waals surface area contributed by atoms with E-state index in [4.69, 9.17) is 11.6 Å². The summed E-state index contributed by atoms with van der Waals surface area (Å²) in [5, 5.41) is 0.462. The number of fused-ring (bicyclic) bond motifs is 1. The van der Waals surface area contributed by atoms with E-state index in [0.29, 0.717) is 16.7 Å². The molecule has 0 aliphatic heterocycles. The summed E-state index contributed by atoms with van der Waals surface area (Å²) in [5.41, 5.74) is 1.38. The van der Waals surface area contributed by atoms with Crippen molar-refractivity contribution in [1.82, 2.24) is 9.97 Å². The van der Waals surface area contributed by atoms with E-state index in [2.05, 4.69) is 9.97 Å². The van der Waals surface area contributed by atoms with E-state index in [0.717, 1.165) is 5.69 Å². The van der Waals surface area contributed by atoms with Crippen molar-refractivity contribution in [1.29, 1.82) is 0 Å². The molecule has 3 aromatic rings. The molecule has 5 heteroatoms. The predicted molar refractivity (Wildman–Crippen MR) is 79.0 cm³/mol. The molecule has 3 nitrogen and oxygen atoms in total. The molecule has 3 rings (SSSR count). The van der Waals surface area contributed by atoms with Gasteiger partial charge in [-0.1, -0.05) is 24.3 Å². The molecule has 0 aliphatic carbocycles.